The van der Waals surface area contributed by atoms with Crippen LogP contribution in [0.15, 0.2) is 0 Å². The van der Waals surface area contributed by atoms with Crippen LogP contribution in [-0.4, -0.2) is 5.24 Å². The monoisotopic (exact) mass is 258 g/mol. The van der Waals surface area contributed by atoms with Crippen molar-refractivity contribution in [2.24, 2.45) is 0 Å². The van der Waals surface area contributed by atoms with Crippen LogP contribution in [0.3, 0.4) is 0 Å². The third kappa shape index (κ3) is 2.32. The number of rotatable bonds is 3. The largest absolute Gasteiger partial charge is 0.281 e. The molecule has 0 saturated heterocycles. The SMILES string of the molecule is O=C(Cl)CCc1c(F)c(F)c(F)c(F)c1F. The van der Waals surface area contributed by atoms with E-state index in [2.05, 4.69) is 0 Å². The van der Waals surface area contributed by atoms with E-state index in [-0.39, 0.29) is 0 Å². The summed E-state index contributed by atoms with van der Waals surface area (Å²) in [4.78, 5) is 10.3. The number of hydrogen-bond acceptors (Lipinski definition) is 1. The summed E-state index contributed by atoms with van der Waals surface area (Å²) in [7, 11) is 0. The Hall–Kier alpha value is -1.17. The van der Waals surface area contributed by atoms with Crippen LogP contribution in [-0.2, 0) is 11.2 Å². The maximum absolute atomic E-state index is 13.0. The lowest BCUT2D eigenvalue weighted by molar-refractivity contribution is -0.111. The molecular weight excluding hydrogens is 255 g/mol. The Kier molecular flexibility index (Phi) is 3.85. The maximum atomic E-state index is 13.0. The third-order valence-electron chi connectivity index (χ3n) is 1.87. The standard InChI is InChI=1S/C9H4ClF5O/c10-4(16)2-1-3-5(11)7(13)9(15)8(14)6(3)12/h1-2H2. The molecule has 0 amide bonds. The van der Waals surface area contributed by atoms with Crippen LogP contribution in [0.25, 0.3) is 0 Å². The molecule has 0 atom stereocenters. The first-order chi connectivity index (χ1) is 7.36. The molecule has 7 heteroatoms. The van der Waals surface area contributed by atoms with Crippen molar-refractivity contribution in [2.45, 2.75) is 12.8 Å². The van der Waals surface area contributed by atoms with Crippen molar-refractivity contribution in [3.63, 3.8) is 0 Å². The highest BCUT2D eigenvalue weighted by Gasteiger charge is 2.25. The van der Waals surface area contributed by atoms with Crippen LogP contribution < -0.4 is 0 Å². The van der Waals surface area contributed by atoms with Crippen LogP contribution in [0.4, 0.5) is 22.0 Å². The second-order valence-electron chi connectivity index (χ2n) is 2.90. The maximum Gasteiger partial charge on any atom is 0.221 e. The summed E-state index contributed by atoms with van der Waals surface area (Å²) >= 11 is 4.90. The van der Waals surface area contributed by atoms with Gasteiger partial charge in [-0.1, -0.05) is 0 Å². The average molecular weight is 259 g/mol. The van der Waals surface area contributed by atoms with Crippen molar-refractivity contribution in [1.29, 1.82) is 0 Å². The molecule has 0 bridgehead atoms. The fourth-order valence-corrected chi connectivity index (χ4v) is 1.19. The van der Waals surface area contributed by atoms with E-state index in [1.54, 1.807) is 0 Å². The number of benzene rings is 1. The van der Waals surface area contributed by atoms with Gasteiger partial charge in [0.25, 0.3) is 0 Å². The molecule has 0 heterocycles. The molecule has 16 heavy (non-hydrogen) atoms. The smallest absolute Gasteiger partial charge is 0.221 e. The molecule has 0 aromatic heterocycles. The second kappa shape index (κ2) is 4.78. The minimum atomic E-state index is -2.23. The van der Waals surface area contributed by atoms with Crippen LogP contribution in [0.1, 0.15) is 12.0 Å². The molecular formula is C9H4ClF5O. The summed E-state index contributed by atoms with van der Waals surface area (Å²) in [6, 6.07) is 0. The van der Waals surface area contributed by atoms with Gasteiger partial charge in [-0.05, 0) is 18.0 Å². The van der Waals surface area contributed by atoms with Gasteiger partial charge in [-0.25, -0.2) is 22.0 Å². The second-order valence-corrected chi connectivity index (χ2v) is 3.33. The van der Waals surface area contributed by atoms with Crippen LogP contribution >= 0.6 is 11.6 Å². The lowest BCUT2D eigenvalue weighted by Crippen LogP contribution is -2.08. The molecule has 0 unspecified atom stereocenters. The normalized spacial score (nSPS) is 10.6. The van der Waals surface area contributed by atoms with Gasteiger partial charge in [-0.3, -0.25) is 4.79 Å². The van der Waals surface area contributed by atoms with Gasteiger partial charge in [0.2, 0.25) is 11.1 Å². The zero-order valence-corrected chi connectivity index (χ0v) is 8.35. The molecule has 0 aliphatic carbocycles. The van der Waals surface area contributed by atoms with E-state index in [9.17, 15) is 26.7 Å². The van der Waals surface area contributed by atoms with E-state index in [1.807, 2.05) is 0 Å². The molecule has 1 aromatic rings. The van der Waals surface area contributed by atoms with Gasteiger partial charge in [0, 0.05) is 12.0 Å². The van der Waals surface area contributed by atoms with Gasteiger partial charge in [0.15, 0.2) is 23.3 Å². The van der Waals surface area contributed by atoms with Crippen molar-refractivity contribution in [1.82, 2.24) is 0 Å². The third-order valence-corrected chi connectivity index (χ3v) is 2.06. The average Bonchev–Trinajstić information content (AvgIpc) is 2.23. The first kappa shape index (κ1) is 12.9. The number of halogens is 6. The minimum Gasteiger partial charge on any atom is -0.281 e. The summed E-state index contributed by atoms with van der Waals surface area (Å²) in [6.45, 7) is 0. The van der Waals surface area contributed by atoms with Crippen LogP contribution in [0.2, 0.25) is 0 Å². The Labute approximate surface area is 91.8 Å². The zero-order valence-electron chi connectivity index (χ0n) is 7.59. The predicted octanol–water partition coefficient (Wildman–Crippen LogP) is 3.08. The first-order valence-corrected chi connectivity index (χ1v) is 4.42. The Morgan fingerprint density at radius 1 is 0.875 bits per heavy atom. The zero-order chi connectivity index (χ0) is 12.5. The van der Waals surface area contributed by atoms with Crippen LogP contribution in [0, 0.1) is 29.1 Å². The van der Waals surface area contributed by atoms with E-state index in [1.165, 1.54) is 0 Å². The molecule has 0 fully saturated rings. The van der Waals surface area contributed by atoms with Crippen molar-refractivity contribution in [3.8, 4) is 0 Å². The molecule has 0 aliphatic rings. The van der Waals surface area contributed by atoms with E-state index < -0.39 is 52.7 Å². The Balaban J connectivity index is 3.23. The number of carbonyl (C=O) groups is 1. The fraction of sp³-hybridized carbons (Fsp3) is 0.222. The van der Waals surface area contributed by atoms with Gasteiger partial charge < -0.3 is 0 Å². The summed E-state index contributed by atoms with van der Waals surface area (Å²) in [6.07, 6.45) is -1.16. The van der Waals surface area contributed by atoms with Crippen molar-refractivity contribution in [3.05, 3.63) is 34.6 Å². The highest BCUT2D eigenvalue weighted by atomic mass is 35.5. The molecule has 0 saturated carbocycles. The Morgan fingerprint density at radius 3 is 1.62 bits per heavy atom. The van der Waals surface area contributed by atoms with Crippen LogP contribution in [0.5, 0.6) is 0 Å². The summed E-state index contributed by atoms with van der Waals surface area (Å²) in [5.41, 5.74) is -1.04. The molecule has 0 N–H and O–H groups in total. The van der Waals surface area contributed by atoms with Gasteiger partial charge in [-0.15, -0.1) is 0 Å². The molecule has 1 nitrogen and oxygen atoms in total. The fourth-order valence-electron chi connectivity index (χ4n) is 1.09. The summed E-state index contributed by atoms with van der Waals surface area (Å²) in [5, 5.41) is -0.927. The van der Waals surface area contributed by atoms with Crippen molar-refractivity contribution in [2.75, 3.05) is 0 Å². The summed E-state index contributed by atoms with van der Waals surface area (Å²) < 4.78 is 63.8. The highest BCUT2D eigenvalue weighted by molar-refractivity contribution is 6.63. The Morgan fingerprint density at radius 2 is 1.25 bits per heavy atom. The van der Waals surface area contributed by atoms with Gasteiger partial charge in [0.1, 0.15) is 0 Å². The van der Waals surface area contributed by atoms with Gasteiger partial charge in [-0.2, -0.15) is 0 Å². The van der Waals surface area contributed by atoms with Gasteiger partial charge >= 0.3 is 0 Å². The summed E-state index contributed by atoms with van der Waals surface area (Å²) in [5.74, 6) is -10.2. The molecule has 0 spiro atoms. The van der Waals surface area contributed by atoms with Crippen molar-refractivity contribution >= 4 is 16.8 Å². The lowest BCUT2D eigenvalue weighted by Gasteiger charge is -2.06. The Bertz CT molecular complexity index is 417. The first-order valence-electron chi connectivity index (χ1n) is 4.05. The topological polar surface area (TPSA) is 17.1 Å². The number of carbonyl (C=O) groups excluding carboxylic acids is 1. The van der Waals surface area contributed by atoms with Gasteiger partial charge in [0.05, 0.1) is 0 Å². The molecule has 0 radical (unpaired) electrons. The van der Waals surface area contributed by atoms with E-state index in [0.717, 1.165) is 0 Å². The molecule has 1 aromatic carbocycles. The minimum absolute atomic E-state index is 0.514. The van der Waals surface area contributed by atoms with E-state index >= 15 is 0 Å². The molecule has 1 rings (SSSR count). The number of hydrogen-bond donors (Lipinski definition) is 0. The van der Waals surface area contributed by atoms with E-state index in [0.29, 0.717) is 0 Å². The quantitative estimate of drug-likeness (QED) is 0.352. The van der Waals surface area contributed by atoms with Crippen molar-refractivity contribution < 1.29 is 26.7 Å². The molecule has 88 valence electrons. The predicted molar refractivity (Wildman–Crippen MR) is 45.4 cm³/mol. The highest BCUT2D eigenvalue weighted by Crippen LogP contribution is 2.24. The molecule has 0 aliphatic heterocycles. The lowest BCUT2D eigenvalue weighted by atomic mass is 10.1. The van der Waals surface area contributed by atoms with E-state index in [4.69, 9.17) is 11.6 Å².